The molecule has 7 rings (SSSR count). The molecule has 0 spiro atoms. The van der Waals surface area contributed by atoms with Crippen molar-refractivity contribution in [2.24, 2.45) is 16.5 Å². The number of nitrogens with zero attached hydrogens (tertiary/aromatic N) is 8. The van der Waals surface area contributed by atoms with Crippen LogP contribution in [0.4, 0.5) is 11.9 Å². The van der Waals surface area contributed by atoms with Crippen LogP contribution in [0.5, 0.6) is 11.5 Å². The number of carbonyl (C=O) groups excluding carboxylic acids is 4. The van der Waals surface area contributed by atoms with Crippen molar-refractivity contribution in [2.45, 2.75) is 66.1 Å². The first kappa shape index (κ1) is 42.5. The summed E-state index contributed by atoms with van der Waals surface area (Å²) in [5.74, 6) is -0.137. The van der Waals surface area contributed by atoms with Gasteiger partial charge in [-0.05, 0) is 83.4 Å². The summed E-state index contributed by atoms with van der Waals surface area (Å²) in [5.41, 5.74) is 16.0. The van der Waals surface area contributed by atoms with Gasteiger partial charge in [0.25, 0.3) is 11.8 Å². The Kier molecular flexibility index (Phi) is 13.1. The summed E-state index contributed by atoms with van der Waals surface area (Å²) >= 11 is 0. The number of aromatic nitrogens is 6. The lowest BCUT2D eigenvalue weighted by Crippen LogP contribution is -2.37. The fraction of sp³-hybridized carbons (Fsp3) is 0.429. The third kappa shape index (κ3) is 9.42. The molecule has 6 N–H and O–H groups in total. The topological polar surface area (TPSA) is 241 Å². The Morgan fingerprint density at radius 3 is 2.48 bits per heavy atom. The van der Waals surface area contributed by atoms with Crippen LogP contribution in [0.25, 0.3) is 22.1 Å². The fourth-order valence-electron chi connectivity index (χ4n) is 7.75. The van der Waals surface area contributed by atoms with Crippen molar-refractivity contribution in [3.8, 4) is 11.5 Å². The van der Waals surface area contributed by atoms with Crippen LogP contribution < -0.4 is 31.6 Å². The molecule has 19 nitrogen and oxygen atoms in total. The van der Waals surface area contributed by atoms with Crippen LogP contribution in [0, 0.1) is 6.92 Å². The number of fused-ring (bicyclic) bond motifs is 1. The molecule has 5 heterocycles. The zero-order valence-corrected chi connectivity index (χ0v) is 34.9. The first-order chi connectivity index (χ1) is 29.5. The maximum atomic E-state index is 13.7. The molecular weight excluding hydrogens is 785 g/mol. The van der Waals surface area contributed by atoms with Gasteiger partial charge >= 0.3 is 0 Å². The minimum absolute atomic E-state index is 0.141. The van der Waals surface area contributed by atoms with Gasteiger partial charge in [0.15, 0.2) is 0 Å². The standard InChI is InChI=1S/C42H52N12O7/c1-5-45-32(17-25(3)43)39(57)48-41-46-30-19-27(23-55)20-34(60-14-8-10-51-12-15-59-16-13-51)36(30)52(41)11-7-9-29-24-61-35-22-28(38(44)56)21-31-37(35)54(29)42(47-31)49-40(58)33-18-26(4)50-53(33)6-2/h17-23,29H,5-16,24,43H2,1-4H3,(H2,44,56)(H,46,48,57)(H,47,49,58)/b25-17-,45-32?. The van der Waals surface area contributed by atoms with Gasteiger partial charge in [0, 0.05) is 56.1 Å². The zero-order chi connectivity index (χ0) is 43.2. The maximum Gasteiger partial charge on any atom is 0.276 e. The van der Waals surface area contributed by atoms with Gasteiger partial charge in [0.05, 0.1) is 42.6 Å². The van der Waals surface area contributed by atoms with Crippen molar-refractivity contribution >= 4 is 63.7 Å². The maximum absolute atomic E-state index is 13.7. The highest BCUT2D eigenvalue weighted by Gasteiger charge is 2.30. The van der Waals surface area contributed by atoms with E-state index < -0.39 is 11.8 Å². The molecule has 2 aliphatic heterocycles. The number of benzene rings is 2. The van der Waals surface area contributed by atoms with Crippen molar-refractivity contribution in [1.29, 1.82) is 0 Å². The molecule has 2 aliphatic rings. The zero-order valence-electron chi connectivity index (χ0n) is 34.9. The molecule has 0 saturated carbocycles. The number of hydrogen-bond acceptors (Lipinski definition) is 13. The molecule has 19 heteroatoms. The Balaban J connectivity index is 1.21. The number of anilines is 2. The van der Waals surface area contributed by atoms with Gasteiger partial charge in [-0.1, -0.05) is 0 Å². The summed E-state index contributed by atoms with van der Waals surface area (Å²) in [6.07, 6.45) is 4.03. The van der Waals surface area contributed by atoms with Crippen molar-refractivity contribution in [3.63, 3.8) is 0 Å². The van der Waals surface area contributed by atoms with Gasteiger partial charge in [-0.3, -0.25) is 44.4 Å². The number of hydrogen-bond donors (Lipinski definition) is 4. The van der Waals surface area contributed by atoms with E-state index in [0.717, 1.165) is 32.3 Å². The molecule has 0 radical (unpaired) electrons. The number of carbonyl (C=O) groups is 4. The van der Waals surface area contributed by atoms with Crippen molar-refractivity contribution < 1.29 is 33.4 Å². The first-order valence-electron chi connectivity index (χ1n) is 20.5. The summed E-state index contributed by atoms with van der Waals surface area (Å²) in [4.78, 5) is 68.1. The Labute approximate surface area is 352 Å². The third-order valence-electron chi connectivity index (χ3n) is 10.5. The molecule has 3 aromatic heterocycles. The molecule has 322 valence electrons. The smallest absolute Gasteiger partial charge is 0.276 e. The van der Waals surface area contributed by atoms with Gasteiger partial charge in [0.2, 0.25) is 17.8 Å². The number of ether oxygens (including phenoxy) is 3. The van der Waals surface area contributed by atoms with Crippen LogP contribution in [0.2, 0.25) is 0 Å². The predicted molar refractivity (Wildman–Crippen MR) is 230 cm³/mol. The highest BCUT2D eigenvalue weighted by atomic mass is 16.5. The van der Waals surface area contributed by atoms with Crippen LogP contribution in [-0.2, 0) is 22.6 Å². The molecule has 61 heavy (non-hydrogen) atoms. The Morgan fingerprint density at radius 1 is 0.984 bits per heavy atom. The summed E-state index contributed by atoms with van der Waals surface area (Å²) in [6, 6.07) is 7.91. The van der Waals surface area contributed by atoms with Gasteiger partial charge in [-0.2, -0.15) is 5.10 Å². The summed E-state index contributed by atoms with van der Waals surface area (Å²) in [5, 5.41) is 10.4. The second-order valence-corrected chi connectivity index (χ2v) is 15.0. The van der Waals surface area contributed by atoms with Gasteiger partial charge in [0.1, 0.15) is 46.8 Å². The molecule has 5 aromatic rings. The first-order valence-corrected chi connectivity index (χ1v) is 20.5. The number of aryl methyl sites for hydroxylation is 3. The summed E-state index contributed by atoms with van der Waals surface area (Å²) in [7, 11) is 0. The molecule has 0 aliphatic carbocycles. The number of nitrogens with two attached hydrogens (primary N) is 2. The van der Waals surface area contributed by atoms with E-state index in [1.54, 1.807) is 41.9 Å². The Bertz CT molecular complexity index is 2520. The number of imidazole rings is 2. The molecule has 1 saturated heterocycles. The van der Waals surface area contributed by atoms with E-state index in [0.29, 0.717) is 109 Å². The molecule has 1 unspecified atom stereocenters. The SMILES string of the molecule is CCN=C(/C=C(/C)N)C(=O)Nc1nc2cc(C=O)cc(OCCCN3CCOCC3)c2n1CCCC1COc2cc(C(N)=O)cc3nc(NC(=O)c4cc(C)nn4CC)n1c23. The van der Waals surface area contributed by atoms with Crippen LogP contribution in [0.1, 0.15) is 83.0 Å². The van der Waals surface area contributed by atoms with E-state index in [4.69, 9.17) is 35.6 Å². The van der Waals surface area contributed by atoms with Crippen LogP contribution in [-0.4, -0.2) is 116 Å². The lowest BCUT2D eigenvalue weighted by Gasteiger charge is -2.27. The van der Waals surface area contributed by atoms with E-state index in [1.165, 1.54) is 6.08 Å². The highest BCUT2D eigenvalue weighted by molar-refractivity contribution is 6.47. The summed E-state index contributed by atoms with van der Waals surface area (Å²) in [6.45, 7) is 12.9. The van der Waals surface area contributed by atoms with Gasteiger partial charge < -0.3 is 34.8 Å². The molecule has 1 atom stereocenters. The lowest BCUT2D eigenvalue weighted by atomic mass is 10.1. The quantitative estimate of drug-likeness (QED) is 0.0559. The molecule has 3 amide bonds. The number of allylic oxidation sites excluding steroid dienone is 1. The van der Waals surface area contributed by atoms with E-state index in [9.17, 15) is 19.2 Å². The average Bonchev–Trinajstić information content (AvgIpc) is 3.92. The second-order valence-electron chi connectivity index (χ2n) is 15.0. The van der Waals surface area contributed by atoms with Crippen LogP contribution >= 0.6 is 0 Å². The number of amides is 3. The number of morpholine rings is 1. The Morgan fingerprint density at radius 2 is 1.75 bits per heavy atom. The van der Waals surface area contributed by atoms with E-state index in [-0.39, 0.29) is 41.7 Å². The van der Waals surface area contributed by atoms with E-state index in [2.05, 4.69) is 25.6 Å². The van der Waals surface area contributed by atoms with Crippen LogP contribution in [0.15, 0.2) is 47.1 Å². The number of rotatable bonds is 18. The van der Waals surface area contributed by atoms with Crippen LogP contribution in [0.3, 0.4) is 0 Å². The molecule has 0 bridgehead atoms. The number of primary amides is 1. The molecule has 1 fully saturated rings. The van der Waals surface area contributed by atoms with Crippen molar-refractivity contribution in [1.82, 2.24) is 33.8 Å². The van der Waals surface area contributed by atoms with Gasteiger partial charge in [-0.25, -0.2) is 9.97 Å². The van der Waals surface area contributed by atoms with Gasteiger partial charge in [-0.15, -0.1) is 0 Å². The fourth-order valence-corrected chi connectivity index (χ4v) is 7.75. The number of aldehydes is 1. The van der Waals surface area contributed by atoms with Crippen molar-refractivity contribution in [2.75, 3.05) is 63.2 Å². The summed E-state index contributed by atoms with van der Waals surface area (Å²) < 4.78 is 23.5. The number of nitrogens with one attached hydrogen (secondary N) is 2. The third-order valence-corrected chi connectivity index (χ3v) is 10.5. The lowest BCUT2D eigenvalue weighted by molar-refractivity contribution is -0.110. The number of aliphatic imine (C=N–C) groups is 1. The minimum atomic E-state index is -0.634. The van der Waals surface area contributed by atoms with E-state index in [1.807, 2.05) is 29.9 Å². The second kappa shape index (κ2) is 18.8. The normalized spacial score (nSPS) is 15.8. The average molecular weight is 837 g/mol. The molecule has 2 aromatic carbocycles. The van der Waals surface area contributed by atoms with E-state index >= 15 is 0 Å². The Hall–Kier alpha value is -6.60. The highest BCUT2D eigenvalue weighted by Crippen LogP contribution is 2.39. The largest absolute Gasteiger partial charge is 0.491 e. The minimum Gasteiger partial charge on any atom is -0.491 e. The molecular formula is C42H52N12O7. The predicted octanol–water partition coefficient (Wildman–Crippen LogP) is 3.85. The van der Waals surface area contributed by atoms with Crippen molar-refractivity contribution in [3.05, 3.63) is 64.6 Å². The monoisotopic (exact) mass is 836 g/mol.